The van der Waals surface area contributed by atoms with Crippen molar-refractivity contribution in [3.63, 3.8) is 0 Å². The molecule has 1 spiro atoms. The minimum atomic E-state index is -0.497. The van der Waals surface area contributed by atoms with E-state index < -0.39 is 11.7 Å². The number of ether oxygens (including phenoxy) is 2. The van der Waals surface area contributed by atoms with Crippen LogP contribution in [0.1, 0.15) is 12.8 Å². The highest BCUT2D eigenvalue weighted by Crippen LogP contribution is 2.33. The third-order valence-corrected chi connectivity index (χ3v) is 5.11. The zero-order valence-electron chi connectivity index (χ0n) is 13.7. The van der Waals surface area contributed by atoms with Gasteiger partial charge in [0.15, 0.2) is 6.10 Å². The van der Waals surface area contributed by atoms with Crippen molar-refractivity contribution < 1.29 is 19.1 Å². The maximum absolute atomic E-state index is 12.8. The molecule has 1 aromatic carbocycles. The van der Waals surface area contributed by atoms with E-state index in [0.717, 1.165) is 11.4 Å². The van der Waals surface area contributed by atoms with E-state index in [1.54, 1.807) is 0 Å². The molecule has 3 aliphatic heterocycles. The van der Waals surface area contributed by atoms with Gasteiger partial charge in [-0.15, -0.1) is 0 Å². The largest absolute Gasteiger partial charge is 0.477 e. The fraction of sp³-hybridized carbons (Fsp3) is 0.529. The van der Waals surface area contributed by atoms with Crippen LogP contribution >= 0.6 is 0 Å². The summed E-state index contributed by atoms with van der Waals surface area (Å²) in [4.78, 5) is 28.0. The molecular formula is C17H21N3O4. The number of para-hydroxylation sites is 2. The molecule has 7 nitrogen and oxygen atoms in total. The van der Waals surface area contributed by atoms with Gasteiger partial charge >= 0.3 is 6.09 Å². The molecule has 2 fully saturated rings. The fourth-order valence-corrected chi connectivity index (χ4v) is 3.66. The Morgan fingerprint density at radius 1 is 1.29 bits per heavy atom. The van der Waals surface area contributed by atoms with Crippen LogP contribution in [0.25, 0.3) is 0 Å². The summed E-state index contributed by atoms with van der Waals surface area (Å²) in [7, 11) is 1.97. The van der Waals surface area contributed by atoms with Gasteiger partial charge in [-0.1, -0.05) is 12.1 Å². The molecule has 3 aliphatic rings. The number of nitrogens with zero attached hydrogens (tertiary/aromatic N) is 2. The SMILES string of the molecule is CN1C[C@H](C(=O)N2CCC3(CC2)CNC(=O)O3)Oc2ccccc21. The zero-order valence-corrected chi connectivity index (χ0v) is 13.7. The molecule has 1 N–H and O–H groups in total. The number of carbonyl (C=O) groups excluding carboxylic acids is 2. The summed E-state index contributed by atoms with van der Waals surface area (Å²) in [6.07, 6.45) is 0.472. The minimum absolute atomic E-state index is 0.00323. The van der Waals surface area contributed by atoms with Crippen molar-refractivity contribution in [1.29, 1.82) is 0 Å². The number of nitrogens with one attached hydrogen (secondary N) is 1. The van der Waals surface area contributed by atoms with E-state index in [-0.39, 0.29) is 12.0 Å². The summed E-state index contributed by atoms with van der Waals surface area (Å²) in [6, 6.07) is 7.75. The lowest BCUT2D eigenvalue weighted by molar-refractivity contribution is -0.141. The van der Waals surface area contributed by atoms with Crippen molar-refractivity contribution in [2.24, 2.45) is 0 Å². The van der Waals surface area contributed by atoms with E-state index in [1.807, 2.05) is 36.2 Å². The van der Waals surface area contributed by atoms with Crippen LogP contribution in [0.15, 0.2) is 24.3 Å². The third-order valence-electron chi connectivity index (χ3n) is 5.11. The summed E-state index contributed by atoms with van der Waals surface area (Å²) in [5.41, 5.74) is 0.563. The number of benzene rings is 1. The fourth-order valence-electron chi connectivity index (χ4n) is 3.66. The number of amides is 2. The third kappa shape index (κ3) is 2.53. The lowest BCUT2D eigenvalue weighted by Crippen LogP contribution is -2.54. The summed E-state index contributed by atoms with van der Waals surface area (Å²) in [5.74, 6) is 0.746. The Balaban J connectivity index is 1.41. The van der Waals surface area contributed by atoms with Crippen molar-refractivity contribution in [3.8, 4) is 5.75 Å². The number of hydrogen-bond acceptors (Lipinski definition) is 5. The van der Waals surface area contributed by atoms with Crippen LogP contribution in [0, 0.1) is 0 Å². The number of fused-ring (bicyclic) bond motifs is 1. The van der Waals surface area contributed by atoms with Gasteiger partial charge < -0.3 is 24.6 Å². The smallest absolute Gasteiger partial charge is 0.407 e. The highest BCUT2D eigenvalue weighted by atomic mass is 16.6. The Hall–Kier alpha value is -2.44. The number of likely N-dealkylation sites (tertiary alicyclic amines) is 1. The molecule has 0 unspecified atom stereocenters. The molecule has 0 bridgehead atoms. The molecule has 1 aromatic rings. The van der Waals surface area contributed by atoms with Crippen molar-refractivity contribution in [2.75, 3.05) is 38.1 Å². The molecule has 0 aromatic heterocycles. The van der Waals surface area contributed by atoms with Crippen LogP contribution in [0.3, 0.4) is 0 Å². The number of piperidine rings is 1. The van der Waals surface area contributed by atoms with Crippen LogP contribution in [0.5, 0.6) is 5.75 Å². The highest BCUT2D eigenvalue weighted by Gasteiger charge is 2.44. The Morgan fingerprint density at radius 2 is 2.04 bits per heavy atom. The molecule has 0 saturated carbocycles. The molecule has 24 heavy (non-hydrogen) atoms. The average Bonchev–Trinajstić information content (AvgIpc) is 2.95. The van der Waals surface area contributed by atoms with Gasteiger partial charge in [0, 0.05) is 33.0 Å². The predicted molar refractivity (Wildman–Crippen MR) is 87.2 cm³/mol. The monoisotopic (exact) mass is 331 g/mol. The Morgan fingerprint density at radius 3 is 2.75 bits per heavy atom. The first-order valence-electron chi connectivity index (χ1n) is 8.29. The summed E-state index contributed by atoms with van der Waals surface area (Å²) >= 11 is 0. The molecule has 0 aliphatic carbocycles. The van der Waals surface area contributed by atoms with E-state index in [4.69, 9.17) is 9.47 Å². The Kier molecular flexibility index (Phi) is 3.51. The quantitative estimate of drug-likeness (QED) is 0.831. The minimum Gasteiger partial charge on any atom is -0.477 e. The van der Waals surface area contributed by atoms with Crippen molar-refractivity contribution in [3.05, 3.63) is 24.3 Å². The number of carbonyl (C=O) groups is 2. The van der Waals surface area contributed by atoms with E-state index in [9.17, 15) is 9.59 Å². The lowest BCUT2D eigenvalue weighted by Gasteiger charge is -2.40. The van der Waals surface area contributed by atoms with Crippen LogP contribution in [-0.4, -0.2) is 61.8 Å². The average molecular weight is 331 g/mol. The van der Waals surface area contributed by atoms with Crippen LogP contribution in [0.2, 0.25) is 0 Å². The molecule has 3 heterocycles. The molecule has 2 amide bonds. The molecule has 4 rings (SSSR count). The Bertz CT molecular complexity index is 670. The zero-order chi connectivity index (χ0) is 16.7. The molecule has 7 heteroatoms. The summed E-state index contributed by atoms with van der Waals surface area (Å²) in [6.45, 7) is 2.23. The van der Waals surface area contributed by atoms with E-state index in [0.29, 0.717) is 39.0 Å². The summed E-state index contributed by atoms with van der Waals surface area (Å²) < 4.78 is 11.3. The molecule has 1 atom stereocenters. The van der Waals surface area contributed by atoms with Crippen molar-refractivity contribution >= 4 is 17.7 Å². The van der Waals surface area contributed by atoms with Gasteiger partial charge in [0.05, 0.1) is 18.8 Å². The second kappa shape index (κ2) is 5.58. The van der Waals surface area contributed by atoms with Crippen LogP contribution in [0.4, 0.5) is 10.5 Å². The normalized spacial score (nSPS) is 24.9. The first kappa shape index (κ1) is 15.1. The van der Waals surface area contributed by atoms with Crippen LogP contribution < -0.4 is 15.0 Å². The molecule has 128 valence electrons. The van der Waals surface area contributed by atoms with E-state index >= 15 is 0 Å². The standard InChI is InChI=1S/C17H21N3O4/c1-19-10-14(23-13-5-3-2-4-12(13)19)15(21)20-8-6-17(7-9-20)11-18-16(22)24-17/h2-5,14H,6-11H2,1H3,(H,18,22)/t14-/m1/s1. The topological polar surface area (TPSA) is 71.1 Å². The maximum atomic E-state index is 12.8. The van der Waals surface area contributed by atoms with Crippen molar-refractivity contribution in [1.82, 2.24) is 10.2 Å². The number of rotatable bonds is 1. The highest BCUT2D eigenvalue weighted by molar-refractivity contribution is 5.83. The summed E-state index contributed by atoms with van der Waals surface area (Å²) in [5, 5.41) is 2.71. The molecular weight excluding hydrogens is 310 g/mol. The first-order valence-corrected chi connectivity index (χ1v) is 8.29. The van der Waals surface area contributed by atoms with Gasteiger partial charge in [-0.25, -0.2) is 4.79 Å². The van der Waals surface area contributed by atoms with Gasteiger partial charge in [0.1, 0.15) is 11.4 Å². The second-order valence-corrected chi connectivity index (χ2v) is 6.71. The van der Waals surface area contributed by atoms with Gasteiger partial charge in [-0.2, -0.15) is 0 Å². The van der Waals surface area contributed by atoms with E-state index in [2.05, 4.69) is 10.2 Å². The first-order chi connectivity index (χ1) is 11.6. The number of anilines is 1. The van der Waals surface area contributed by atoms with Crippen molar-refractivity contribution in [2.45, 2.75) is 24.5 Å². The van der Waals surface area contributed by atoms with Gasteiger partial charge in [0.2, 0.25) is 0 Å². The second-order valence-electron chi connectivity index (χ2n) is 6.71. The van der Waals surface area contributed by atoms with Gasteiger partial charge in [0.25, 0.3) is 5.91 Å². The Labute approximate surface area is 140 Å². The lowest BCUT2D eigenvalue weighted by atomic mass is 9.91. The van der Waals surface area contributed by atoms with Crippen LogP contribution in [-0.2, 0) is 9.53 Å². The van der Waals surface area contributed by atoms with Gasteiger partial charge in [-0.05, 0) is 12.1 Å². The number of hydrogen-bond donors (Lipinski definition) is 1. The van der Waals surface area contributed by atoms with E-state index in [1.165, 1.54) is 0 Å². The van der Waals surface area contributed by atoms with Gasteiger partial charge in [-0.3, -0.25) is 4.79 Å². The predicted octanol–water partition coefficient (Wildman–Crippen LogP) is 0.985. The number of alkyl carbamates (subject to hydrolysis) is 1. The molecule has 0 radical (unpaired) electrons. The number of likely N-dealkylation sites (N-methyl/N-ethyl adjacent to an activating group) is 1. The molecule has 2 saturated heterocycles. The maximum Gasteiger partial charge on any atom is 0.407 e.